The molecule has 41 heavy (non-hydrogen) atoms. The molecule has 0 radical (unpaired) electrons. The van der Waals surface area contributed by atoms with E-state index in [0.29, 0.717) is 0 Å². The van der Waals surface area contributed by atoms with Crippen molar-refractivity contribution in [3.8, 4) is 22.6 Å². The highest BCUT2D eigenvalue weighted by atomic mass is 16.5. The van der Waals surface area contributed by atoms with Crippen molar-refractivity contribution in [1.82, 2.24) is 18.8 Å². The minimum atomic E-state index is 0.762. The van der Waals surface area contributed by atoms with E-state index in [1.165, 1.54) is 21.9 Å². The normalized spacial score (nSPS) is 11.9. The summed E-state index contributed by atoms with van der Waals surface area (Å²) >= 11 is 0. The Hall–Kier alpha value is -5.68. The summed E-state index contributed by atoms with van der Waals surface area (Å²) in [5.41, 5.74) is 6.48. The lowest BCUT2D eigenvalue weighted by Gasteiger charge is -2.14. The number of hydrogen-bond donors (Lipinski definition) is 0. The molecule has 0 saturated carbocycles. The molecule has 9 rings (SSSR count). The maximum Gasteiger partial charge on any atom is 0.145 e. The zero-order chi connectivity index (χ0) is 26.9. The Balaban J connectivity index is 1.24. The van der Waals surface area contributed by atoms with Gasteiger partial charge in [-0.2, -0.15) is 0 Å². The van der Waals surface area contributed by atoms with Gasteiger partial charge in [0, 0.05) is 46.3 Å². The summed E-state index contributed by atoms with van der Waals surface area (Å²) in [5.74, 6) is 1.53. The number of hydrogen-bond acceptors (Lipinski definition) is 3. The third-order valence-corrected chi connectivity index (χ3v) is 8.09. The van der Waals surface area contributed by atoms with Crippen molar-refractivity contribution in [1.29, 1.82) is 0 Å². The summed E-state index contributed by atoms with van der Waals surface area (Å²) in [6, 6.07) is 38.0. The Bertz CT molecular complexity index is 2450. The standard InChI is InChI=1S/C36H22N4O/c1-2-7-23(8-3-1)26-10-6-12-33-34(26)29-16-14-25(22-31(29)36-38-18-20-40(33)36)41-24-13-15-27-28-9-4-5-11-32(28)39-19-17-37-35(39)30(27)21-24/h1-22H. The minimum Gasteiger partial charge on any atom is -0.457 e. The minimum absolute atomic E-state index is 0.762. The predicted octanol–water partition coefficient (Wildman–Crippen LogP) is 9.05. The largest absolute Gasteiger partial charge is 0.457 e. The summed E-state index contributed by atoms with van der Waals surface area (Å²) in [6.45, 7) is 0. The molecule has 4 aromatic heterocycles. The Morgan fingerprint density at radius 1 is 0.488 bits per heavy atom. The fourth-order valence-corrected chi connectivity index (χ4v) is 6.32. The van der Waals surface area contributed by atoms with Crippen molar-refractivity contribution >= 4 is 54.6 Å². The molecule has 0 atom stereocenters. The van der Waals surface area contributed by atoms with E-state index in [9.17, 15) is 0 Å². The van der Waals surface area contributed by atoms with Gasteiger partial charge in [-0.3, -0.25) is 8.80 Å². The number of fused-ring (bicyclic) bond motifs is 12. The Kier molecular flexibility index (Phi) is 4.55. The highest BCUT2D eigenvalue weighted by Gasteiger charge is 2.15. The van der Waals surface area contributed by atoms with E-state index in [4.69, 9.17) is 9.72 Å². The monoisotopic (exact) mass is 526 g/mol. The smallest absolute Gasteiger partial charge is 0.145 e. The summed E-state index contributed by atoms with van der Waals surface area (Å²) in [7, 11) is 0. The molecule has 5 aromatic carbocycles. The molecule has 0 amide bonds. The van der Waals surface area contributed by atoms with Crippen LogP contribution in [0.25, 0.3) is 65.8 Å². The van der Waals surface area contributed by atoms with Gasteiger partial charge in [-0.1, -0.05) is 60.7 Å². The molecule has 5 heteroatoms. The molecule has 4 heterocycles. The van der Waals surface area contributed by atoms with Crippen LogP contribution in [0.2, 0.25) is 0 Å². The summed E-state index contributed by atoms with van der Waals surface area (Å²) < 4.78 is 10.8. The van der Waals surface area contributed by atoms with E-state index < -0.39 is 0 Å². The number of imidazole rings is 2. The summed E-state index contributed by atoms with van der Waals surface area (Å²) in [4.78, 5) is 9.41. The second-order valence-corrected chi connectivity index (χ2v) is 10.3. The van der Waals surface area contributed by atoms with Gasteiger partial charge in [0.15, 0.2) is 0 Å². The third kappa shape index (κ3) is 3.23. The van der Waals surface area contributed by atoms with Crippen LogP contribution < -0.4 is 4.74 Å². The molecule has 0 N–H and O–H groups in total. The lowest BCUT2D eigenvalue weighted by atomic mass is 9.96. The highest BCUT2D eigenvalue weighted by Crippen LogP contribution is 2.39. The SMILES string of the molecule is c1ccc(-c2cccc3c2c2ccc(Oc4ccc5c6ccccc6n6ccnc6c5c4)cc2c2nccn32)cc1. The van der Waals surface area contributed by atoms with Gasteiger partial charge in [-0.05, 0) is 70.4 Å². The first-order chi connectivity index (χ1) is 20.3. The van der Waals surface area contributed by atoms with E-state index in [-0.39, 0.29) is 0 Å². The quantitative estimate of drug-likeness (QED) is 0.216. The zero-order valence-corrected chi connectivity index (χ0v) is 21.9. The number of nitrogens with zero attached hydrogens (tertiary/aromatic N) is 4. The lowest BCUT2D eigenvalue weighted by molar-refractivity contribution is 0.484. The molecule has 192 valence electrons. The van der Waals surface area contributed by atoms with E-state index in [0.717, 1.165) is 55.4 Å². The molecule has 0 unspecified atom stereocenters. The number of pyridine rings is 2. The van der Waals surface area contributed by atoms with Gasteiger partial charge >= 0.3 is 0 Å². The third-order valence-electron chi connectivity index (χ3n) is 8.09. The van der Waals surface area contributed by atoms with Crippen LogP contribution >= 0.6 is 0 Å². The molecular formula is C36H22N4O. The van der Waals surface area contributed by atoms with Crippen molar-refractivity contribution in [3.05, 3.63) is 134 Å². The fraction of sp³-hybridized carbons (Fsp3) is 0. The van der Waals surface area contributed by atoms with E-state index in [1.54, 1.807) is 0 Å². The van der Waals surface area contributed by atoms with Gasteiger partial charge in [0.25, 0.3) is 0 Å². The van der Waals surface area contributed by atoms with Crippen LogP contribution in [0, 0.1) is 0 Å². The van der Waals surface area contributed by atoms with Crippen LogP contribution in [0.5, 0.6) is 11.5 Å². The number of aromatic nitrogens is 4. The first kappa shape index (κ1) is 22.2. The average molecular weight is 527 g/mol. The van der Waals surface area contributed by atoms with Crippen LogP contribution in [0.4, 0.5) is 0 Å². The second-order valence-electron chi connectivity index (χ2n) is 10.3. The molecular weight excluding hydrogens is 504 g/mol. The van der Waals surface area contributed by atoms with Gasteiger partial charge in [0.1, 0.15) is 22.8 Å². The second kappa shape index (κ2) is 8.41. The fourth-order valence-electron chi connectivity index (χ4n) is 6.32. The molecule has 0 aliphatic carbocycles. The van der Waals surface area contributed by atoms with Crippen LogP contribution in [-0.4, -0.2) is 18.8 Å². The maximum atomic E-state index is 6.51. The van der Waals surface area contributed by atoms with Crippen LogP contribution in [-0.2, 0) is 0 Å². The molecule has 5 nitrogen and oxygen atoms in total. The number of benzene rings is 5. The van der Waals surface area contributed by atoms with Gasteiger partial charge in [-0.25, -0.2) is 9.97 Å². The van der Waals surface area contributed by atoms with Crippen LogP contribution in [0.1, 0.15) is 0 Å². The number of para-hydroxylation sites is 1. The van der Waals surface area contributed by atoms with E-state index >= 15 is 0 Å². The van der Waals surface area contributed by atoms with E-state index in [2.05, 4.69) is 117 Å². The maximum absolute atomic E-state index is 6.51. The van der Waals surface area contributed by atoms with Crippen molar-refractivity contribution in [3.63, 3.8) is 0 Å². The van der Waals surface area contributed by atoms with Gasteiger partial charge in [0.05, 0.1) is 11.0 Å². The zero-order valence-electron chi connectivity index (χ0n) is 21.9. The summed E-state index contributed by atoms with van der Waals surface area (Å²) in [5, 5.41) is 6.80. The highest BCUT2D eigenvalue weighted by molar-refractivity contribution is 6.17. The van der Waals surface area contributed by atoms with Crippen LogP contribution in [0.15, 0.2) is 134 Å². The average Bonchev–Trinajstić information content (AvgIpc) is 3.73. The number of ether oxygens (including phenoxy) is 1. The van der Waals surface area contributed by atoms with E-state index in [1.807, 2.05) is 30.9 Å². The Labute approximate surface area is 234 Å². The van der Waals surface area contributed by atoms with Crippen molar-refractivity contribution < 1.29 is 4.74 Å². The summed E-state index contributed by atoms with van der Waals surface area (Å²) in [6.07, 6.45) is 7.75. The van der Waals surface area contributed by atoms with Crippen LogP contribution in [0.3, 0.4) is 0 Å². The Morgan fingerprint density at radius 2 is 1.12 bits per heavy atom. The molecule has 0 aliphatic heterocycles. The van der Waals surface area contributed by atoms with Gasteiger partial charge < -0.3 is 4.74 Å². The first-order valence-electron chi connectivity index (χ1n) is 13.7. The van der Waals surface area contributed by atoms with Crippen molar-refractivity contribution in [2.24, 2.45) is 0 Å². The van der Waals surface area contributed by atoms with Gasteiger partial charge in [-0.15, -0.1) is 0 Å². The number of rotatable bonds is 3. The first-order valence-corrected chi connectivity index (χ1v) is 13.7. The predicted molar refractivity (Wildman–Crippen MR) is 166 cm³/mol. The Morgan fingerprint density at radius 3 is 1.90 bits per heavy atom. The van der Waals surface area contributed by atoms with Gasteiger partial charge in [0.2, 0.25) is 0 Å². The molecule has 0 saturated heterocycles. The van der Waals surface area contributed by atoms with Crippen molar-refractivity contribution in [2.75, 3.05) is 0 Å². The molecule has 9 aromatic rings. The van der Waals surface area contributed by atoms with Crippen molar-refractivity contribution in [2.45, 2.75) is 0 Å². The molecule has 0 spiro atoms. The molecule has 0 bridgehead atoms. The lowest BCUT2D eigenvalue weighted by Crippen LogP contribution is -1.94. The molecule has 0 fully saturated rings. The molecule has 0 aliphatic rings. The topological polar surface area (TPSA) is 43.8 Å².